The molecule has 116 valence electrons. The number of rotatable bonds is 5. The highest BCUT2D eigenvalue weighted by molar-refractivity contribution is 5.77. The Morgan fingerprint density at radius 1 is 1.27 bits per heavy atom. The fraction of sp³-hybridized carbons (Fsp3) is 0.375. The van der Waals surface area contributed by atoms with E-state index in [-0.39, 0.29) is 6.61 Å². The predicted octanol–water partition coefficient (Wildman–Crippen LogP) is 2.55. The standard InChI is InChI=1S/C16H20N4O2/c1-10-14(11(2)20(19-10)6-7-21)9-17-13-4-5-16-15(8-13)18-12(3)22-16/h4-5,8,17,21H,6-7,9H2,1-3H3. The maximum absolute atomic E-state index is 9.06. The van der Waals surface area contributed by atoms with Crippen molar-refractivity contribution >= 4 is 16.8 Å². The molecule has 0 atom stereocenters. The highest BCUT2D eigenvalue weighted by Crippen LogP contribution is 2.21. The monoisotopic (exact) mass is 300 g/mol. The number of nitrogens with one attached hydrogen (secondary N) is 1. The van der Waals surface area contributed by atoms with Crippen LogP contribution < -0.4 is 5.32 Å². The molecule has 6 heteroatoms. The third-order valence-electron chi connectivity index (χ3n) is 3.81. The van der Waals surface area contributed by atoms with Crippen molar-refractivity contribution in [1.82, 2.24) is 14.8 Å². The van der Waals surface area contributed by atoms with Crippen LogP contribution in [0.1, 0.15) is 22.8 Å². The normalized spacial score (nSPS) is 11.3. The zero-order valence-electron chi connectivity index (χ0n) is 13.1. The van der Waals surface area contributed by atoms with Gasteiger partial charge in [-0.25, -0.2) is 4.98 Å². The summed E-state index contributed by atoms with van der Waals surface area (Å²) in [7, 11) is 0. The topological polar surface area (TPSA) is 76.1 Å². The molecule has 3 aromatic rings. The summed E-state index contributed by atoms with van der Waals surface area (Å²) in [6, 6.07) is 5.89. The van der Waals surface area contributed by atoms with Gasteiger partial charge in [0.2, 0.25) is 0 Å². The van der Waals surface area contributed by atoms with Crippen LogP contribution in [0.15, 0.2) is 22.6 Å². The quantitative estimate of drug-likeness (QED) is 0.757. The number of aliphatic hydroxyl groups excluding tert-OH is 1. The predicted molar refractivity (Wildman–Crippen MR) is 84.9 cm³/mol. The van der Waals surface area contributed by atoms with Gasteiger partial charge in [0.05, 0.1) is 18.8 Å². The Kier molecular flexibility index (Phi) is 3.85. The van der Waals surface area contributed by atoms with Crippen molar-refractivity contribution in [2.45, 2.75) is 33.9 Å². The third kappa shape index (κ3) is 2.69. The molecule has 0 aliphatic carbocycles. The molecule has 6 nitrogen and oxygen atoms in total. The van der Waals surface area contributed by atoms with Crippen LogP contribution in [0.4, 0.5) is 5.69 Å². The average molecular weight is 300 g/mol. The molecule has 2 aromatic heterocycles. The molecule has 0 radical (unpaired) electrons. The van der Waals surface area contributed by atoms with Crippen LogP contribution in [-0.4, -0.2) is 26.5 Å². The number of hydrogen-bond acceptors (Lipinski definition) is 5. The molecule has 2 N–H and O–H groups in total. The number of aliphatic hydroxyl groups is 1. The second-order valence-electron chi connectivity index (χ2n) is 5.37. The van der Waals surface area contributed by atoms with E-state index >= 15 is 0 Å². The summed E-state index contributed by atoms with van der Waals surface area (Å²) in [5.74, 6) is 0.670. The summed E-state index contributed by atoms with van der Waals surface area (Å²) in [6.45, 7) is 7.16. The van der Waals surface area contributed by atoms with E-state index in [9.17, 15) is 0 Å². The fourth-order valence-corrected chi connectivity index (χ4v) is 2.65. The van der Waals surface area contributed by atoms with Gasteiger partial charge in [-0.05, 0) is 32.0 Å². The lowest BCUT2D eigenvalue weighted by atomic mass is 10.2. The molecule has 0 aliphatic heterocycles. The first kappa shape index (κ1) is 14.6. The first-order valence-corrected chi connectivity index (χ1v) is 7.33. The molecular weight excluding hydrogens is 280 g/mol. The zero-order valence-corrected chi connectivity index (χ0v) is 13.1. The van der Waals surface area contributed by atoms with Gasteiger partial charge in [0.15, 0.2) is 11.5 Å². The van der Waals surface area contributed by atoms with Gasteiger partial charge >= 0.3 is 0 Å². The molecule has 22 heavy (non-hydrogen) atoms. The van der Waals surface area contributed by atoms with Crippen molar-refractivity contribution in [1.29, 1.82) is 0 Å². The molecule has 1 aromatic carbocycles. The minimum absolute atomic E-state index is 0.0943. The Bertz CT molecular complexity index is 804. The molecule has 0 saturated carbocycles. The van der Waals surface area contributed by atoms with E-state index in [0.29, 0.717) is 19.0 Å². The summed E-state index contributed by atoms with van der Waals surface area (Å²) in [5.41, 5.74) is 5.87. The van der Waals surface area contributed by atoms with Crippen LogP contribution >= 0.6 is 0 Å². The summed E-state index contributed by atoms with van der Waals surface area (Å²) in [4.78, 5) is 4.34. The van der Waals surface area contributed by atoms with E-state index in [1.54, 1.807) is 0 Å². The summed E-state index contributed by atoms with van der Waals surface area (Å²) < 4.78 is 7.32. The van der Waals surface area contributed by atoms with Gasteiger partial charge in [-0.15, -0.1) is 0 Å². The number of aryl methyl sites for hydroxylation is 2. The van der Waals surface area contributed by atoms with E-state index in [4.69, 9.17) is 9.52 Å². The lowest BCUT2D eigenvalue weighted by Crippen LogP contribution is -2.07. The molecule has 3 rings (SSSR count). The molecular formula is C16H20N4O2. The molecule has 0 aliphatic rings. The first-order chi connectivity index (χ1) is 10.6. The van der Waals surface area contributed by atoms with Gasteiger partial charge in [0, 0.05) is 30.4 Å². The Balaban J connectivity index is 1.78. The Hall–Kier alpha value is -2.34. The summed E-state index contributed by atoms with van der Waals surface area (Å²) >= 11 is 0. The number of anilines is 1. The number of benzene rings is 1. The second-order valence-corrected chi connectivity index (χ2v) is 5.37. The number of fused-ring (bicyclic) bond motifs is 1. The fourth-order valence-electron chi connectivity index (χ4n) is 2.65. The zero-order chi connectivity index (χ0) is 15.7. The van der Waals surface area contributed by atoms with Crippen LogP contribution in [0.25, 0.3) is 11.1 Å². The largest absolute Gasteiger partial charge is 0.441 e. The van der Waals surface area contributed by atoms with Gasteiger partial charge in [0.1, 0.15) is 5.52 Å². The second kappa shape index (κ2) is 5.81. The van der Waals surface area contributed by atoms with Crippen molar-refractivity contribution in [3.63, 3.8) is 0 Å². The third-order valence-corrected chi connectivity index (χ3v) is 3.81. The Labute approximate surface area is 128 Å². The molecule has 0 fully saturated rings. The van der Waals surface area contributed by atoms with Crippen LogP contribution in [0.3, 0.4) is 0 Å². The minimum Gasteiger partial charge on any atom is -0.441 e. The van der Waals surface area contributed by atoms with Gasteiger partial charge < -0.3 is 14.8 Å². The van der Waals surface area contributed by atoms with Crippen molar-refractivity contribution in [3.8, 4) is 0 Å². The number of nitrogens with zero attached hydrogens (tertiary/aromatic N) is 3. The Morgan fingerprint density at radius 2 is 2.09 bits per heavy atom. The lowest BCUT2D eigenvalue weighted by Gasteiger charge is -2.07. The van der Waals surface area contributed by atoms with Gasteiger partial charge in [-0.1, -0.05) is 0 Å². The first-order valence-electron chi connectivity index (χ1n) is 7.33. The van der Waals surface area contributed by atoms with E-state index in [2.05, 4.69) is 15.4 Å². The van der Waals surface area contributed by atoms with E-state index in [1.165, 1.54) is 0 Å². The van der Waals surface area contributed by atoms with Crippen molar-refractivity contribution in [3.05, 3.63) is 41.0 Å². The van der Waals surface area contributed by atoms with Crippen LogP contribution in [0.5, 0.6) is 0 Å². The van der Waals surface area contributed by atoms with Gasteiger partial charge in [-0.3, -0.25) is 4.68 Å². The average Bonchev–Trinajstić information content (AvgIpc) is 2.97. The van der Waals surface area contributed by atoms with E-state index in [1.807, 2.05) is 43.7 Å². The van der Waals surface area contributed by atoms with E-state index < -0.39 is 0 Å². The van der Waals surface area contributed by atoms with Crippen LogP contribution in [-0.2, 0) is 13.1 Å². The summed E-state index contributed by atoms with van der Waals surface area (Å²) in [5, 5.41) is 16.9. The lowest BCUT2D eigenvalue weighted by molar-refractivity contribution is 0.268. The van der Waals surface area contributed by atoms with Crippen molar-refractivity contribution < 1.29 is 9.52 Å². The molecule has 0 saturated heterocycles. The van der Waals surface area contributed by atoms with E-state index in [0.717, 1.165) is 33.7 Å². The molecule has 0 unspecified atom stereocenters. The smallest absolute Gasteiger partial charge is 0.192 e. The number of hydrogen-bond donors (Lipinski definition) is 2. The SMILES string of the molecule is Cc1nc2cc(NCc3c(C)nn(CCO)c3C)ccc2o1. The molecule has 0 spiro atoms. The Morgan fingerprint density at radius 3 is 2.86 bits per heavy atom. The van der Waals surface area contributed by atoms with Crippen LogP contribution in [0, 0.1) is 20.8 Å². The van der Waals surface area contributed by atoms with Crippen molar-refractivity contribution in [2.24, 2.45) is 0 Å². The highest BCUT2D eigenvalue weighted by atomic mass is 16.3. The molecule has 0 bridgehead atoms. The number of oxazole rings is 1. The summed E-state index contributed by atoms with van der Waals surface area (Å²) in [6.07, 6.45) is 0. The molecule has 0 amide bonds. The maximum Gasteiger partial charge on any atom is 0.192 e. The highest BCUT2D eigenvalue weighted by Gasteiger charge is 2.11. The minimum atomic E-state index is 0.0943. The van der Waals surface area contributed by atoms with Crippen LogP contribution in [0.2, 0.25) is 0 Å². The van der Waals surface area contributed by atoms with Gasteiger partial charge in [0.25, 0.3) is 0 Å². The maximum atomic E-state index is 9.06. The number of aromatic nitrogens is 3. The van der Waals surface area contributed by atoms with Gasteiger partial charge in [-0.2, -0.15) is 5.10 Å². The molecule has 2 heterocycles. The van der Waals surface area contributed by atoms with Crippen molar-refractivity contribution in [2.75, 3.05) is 11.9 Å².